The number of hydrogen-bond acceptors (Lipinski definition) is 4. The molecule has 0 aliphatic rings. The zero-order chi connectivity index (χ0) is 10.8. The van der Waals surface area contributed by atoms with Crippen molar-refractivity contribution in [2.45, 2.75) is 18.9 Å². The van der Waals surface area contributed by atoms with Crippen LogP contribution in [0.4, 0.5) is 0 Å². The maximum Gasteiger partial charge on any atom is 0.233 e. The Labute approximate surface area is 85.8 Å². The van der Waals surface area contributed by atoms with E-state index < -0.39 is 0 Å². The molecule has 0 aliphatic heterocycles. The summed E-state index contributed by atoms with van der Waals surface area (Å²) >= 11 is 0. The number of carbonyl (C=O) groups excluding carboxylic acids is 1. The summed E-state index contributed by atoms with van der Waals surface area (Å²) in [5.41, 5.74) is 5.18. The molecule has 0 aromatic heterocycles. The molecule has 0 aromatic rings. The minimum absolute atomic E-state index is 0.0625. The number of amides is 1. The number of hydrogen-bond donors (Lipinski definition) is 4. The lowest BCUT2D eigenvalue weighted by Crippen LogP contribution is -2.41. The lowest BCUT2D eigenvalue weighted by molar-refractivity contribution is -0.119. The molecule has 1 atom stereocenters. The van der Waals surface area contributed by atoms with Gasteiger partial charge in [0.2, 0.25) is 5.91 Å². The zero-order valence-electron chi connectivity index (χ0n) is 9.10. The Morgan fingerprint density at radius 1 is 1.43 bits per heavy atom. The summed E-state index contributed by atoms with van der Waals surface area (Å²) in [4.78, 5) is 10.9. The molecule has 5 nitrogen and oxygen atoms in total. The van der Waals surface area contributed by atoms with E-state index >= 15 is 0 Å². The summed E-state index contributed by atoms with van der Waals surface area (Å²) in [6.07, 6.45) is 2.14. The molecule has 0 heterocycles. The number of nitrogens with one attached hydrogen (secondary N) is 3. The Bertz CT molecular complexity index is 152. The third-order valence-corrected chi connectivity index (χ3v) is 2.12. The highest BCUT2D eigenvalue weighted by molar-refractivity contribution is 5.77. The third-order valence-electron chi connectivity index (χ3n) is 2.12. The molecule has 0 spiro atoms. The maximum atomic E-state index is 10.9. The van der Waals surface area contributed by atoms with Crippen LogP contribution in [0.15, 0.2) is 0 Å². The fraction of sp³-hybridized carbons (Fsp3) is 0.889. The molecule has 0 aliphatic carbocycles. The van der Waals surface area contributed by atoms with Crippen molar-refractivity contribution in [3.05, 3.63) is 0 Å². The van der Waals surface area contributed by atoms with Crippen molar-refractivity contribution in [1.29, 1.82) is 0 Å². The van der Waals surface area contributed by atoms with E-state index in [1.807, 2.05) is 14.1 Å². The van der Waals surface area contributed by atoms with Crippen LogP contribution in [-0.4, -0.2) is 45.7 Å². The van der Waals surface area contributed by atoms with Crippen molar-refractivity contribution in [1.82, 2.24) is 16.0 Å². The van der Waals surface area contributed by atoms with Crippen LogP contribution in [-0.2, 0) is 4.79 Å². The van der Waals surface area contributed by atoms with Crippen molar-refractivity contribution >= 4 is 5.91 Å². The van der Waals surface area contributed by atoms with E-state index in [1.54, 1.807) is 0 Å². The molecular formula is C9H22N4O. The molecule has 0 bridgehead atoms. The normalized spacial score (nSPS) is 12.5. The average Bonchev–Trinajstić information content (AvgIpc) is 2.22. The molecule has 0 fully saturated rings. The monoisotopic (exact) mass is 202 g/mol. The highest BCUT2D eigenvalue weighted by Crippen LogP contribution is 1.94. The van der Waals surface area contributed by atoms with Crippen LogP contribution in [0.2, 0.25) is 0 Å². The first-order valence-electron chi connectivity index (χ1n) is 5.03. The van der Waals surface area contributed by atoms with Crippen molar-refractivity contribution in [3.8, 4) is 0 Å². The van der Waals surface area contributed by atoms with E-state index in [4.69, 9.17) is 5.73 Å². The molecule has 0 radical (unpaired) electrons. The van der Waals surface area contributed by atoms with Crippen LogP contribution < -0.4 is 21.7 Å². The summed E-state index contributed by atoms with van der Waals surface area (Å²) < 4.78 is 0. The van der Waals surface area contributed by atoms with Crippen molar-refractivity contribution in [3.63, 3.8) is 0 Å². The summed E-state index contributed by atoms with van der Waals surface area (Å²) in [5.74, 6) is -0.0983. The molecule has 14 heavy (non-hydrogen) atoms. The van der Waals surface area contributed by atoms with Gasteiger partial charge in [0, 0.05) is 12.6 Å². The van der Waals surface area contributed by atoms with Gasteiger partial charge in [-0.15, -0.1) is 0 Å². The summed E-state index contributed by atoms with van der Waals surface area (Å²) in [5, 5.41) is 9.01. The van der Waals surface area contributed by atoms with Crippen molar-refractivity contribution in [2.24, 2.45) is 5.73 Å². The van der Waals surface area contributed by atoms with Gasteiger partial charge in [-0.3, -0.25) is 4.79 Å². The molecule has 5 N–H and O–H groups in total. The predicted molar refractivity (Wildman–Crippen MR) is 58.1 cm³/mol. The number of rotatable bonds is 8. The standard InChI is InChI=1S/C9H22N4O/c1-11-5-3-4-8(12-2)7-13-9(14)6-10/h8,11-12H,3-7,10H2,1-2H3,(H,13,14)/t8-/m0/s1. The van der Waals surface area contributed by atoms with Gasteiger partial charge in [0.1, 0.15) is 0 Å². The molecule has 84 valence electrons. The first kappa shape index (κ1) is 13.4. The quantitative estimate of drug-likeness (QED) is 0.367. The summed E-state index contributed by atoms with van der Waals surface area (Å²) in [7, 11) is 3.84. The van der Waals surface area contributed by atoms with Gasteiger partial charge in [-0.2, -0.15) is 0 Å². The van der Waals surface area contributed by atoms with Gasteiger partial charge in [0.05, 0.1) is 6.54 Å². The van der Waals surface area contributed by atoms with Gasteiger partial charge in [0.25, 0.3) is 0 Å². The second-order valence-electron chi connectivity index (χ2n) is 3.24. The van der Waals surface area contributed by atoms with E-state index in [0.29, 0.717) is 12.6 Å². The lowest BCUT2D eigenvalue weighted by Gasteiger charge is -2.16. The highest BCUT2D eigenvalue weighted by Gasteiger charge is 2.06. The van der Waals surface area contributed by atoms with Crippen LogP contribution in [0.25, 0.3) is 0 Å². The fourth-order valence-corrected chi connectivity index (χ4v) is 1.18. The first-order chi connectivity index (χ1) is 6.74. The number of nitrogens with two attached hydrogens (primary N) is 1. The fourth-order valence-electron chi connectivity index (χ4n) is 1.18. The second-order valence-corrected chi connectivity index (χ2v) is 3.24. The Morgan fingerprint density at radius 2 is 2.14 bits per heavy atom. The SMILES string of the molecule is CNCCC[C@@H](CNC(=O)CN)NC. The van der Waals surface area contributed by atoms with E-state index in [9.17, 15) is 4.79 Å². The largest absolute Gasteiger partial charge is 0.353 e. The summed E-state index contributed by atoms with van der Waals surface area (Å²) in [6, 6.07) is 0.332. The van der Waals surface area contributed by atoms with Crippen LogP contribution in [0.1, 0.15) is 12.8 Å². The van der Waals surface area contributed by atoms with Crippen LogP contribution in [0, 0.1) is 0 Å². The van der Waals surface area contributed by atoms with Crippen molar-refractivity contribution < 1.29 is 4.79 Å². The zero-order valence-corrected chi connectivity index (χ0v) is 9.10. The molecule has 0 saturated carbocycles. The molecule has 0 rings (SSSR count). The van der Waals surface area contributed by atoms with Crippen LogP contribution in [0.5, 0.6) is 0 Å². The van der Waals surface area contributed by atoms with E-state index in [0.717, 1.165) is 19.4 Å². The van der Waals surface area contributed by atoms with Gasteiger partial charge < -0.3 is 21.7 Å². The average molecular weight is 202 g/mol. The Kier molecular flexibility index (Phi) is 8.51. The van der Waals surface area contributed by atoms with Gasteiger partial charge in [-0.05, 0) is 33.5 Å². The molecule has 1 amide bonds. The lowest BCUT2D eigenvalue weighted by atomic mass is 10.1. The molecule has 5 heteroatoms. The smallest absolute Gasteiger partial charge is 0.233 e. The van der Waals surface area contributed by atoms with Crippen LogP contribution >= 0.6 is 0 Å². The molecule has 0 unspecified atom stereocenters. The van der Waals surface area contributed by atoms with E-state index in [1.165, 1.54) is 0 Å². The molecular weight excluding hydrogens is 180 g/mol. The molecule has 0 saturated heterocycles. The van der Waals surface area contributed by atoms with E-state index in [-0.39, 0.29) is 12.5 Å². The van der Waals surface area contributed by atoms with Gasteiger partial charge >= 0.3 is 0 Å². The predicted octanol–water partition coefficient (Wildman–Crippen LogP) is -1.35. The molecule has 0 aromatic carbocycles. The maximum absolute atomic E-state index is 10.9. The van der Waals surface area contributed by atoms with Gasteiger partial charge in [-0.1, -0.05) is 0 Å². The Morgan fingerprint density at radius 3 is 2.64 bits per heavy atom. The second kappa shape index (κ2) is 8.93. The van der Waals surface area contributed by atoms with Crippen molar-refractivity contribution in [2.75, 3.05) is 33.7 Å². The number of carbonyl (C=O) groups is 1. The Balaban J connectivity index is 3.52. The third kappa shape index (κ3) is 6.82. The Hall–Kier alpha value is -0.650. The van der Waals surface area contributed by atoms with E-state index in [2.05, 4.69) is 16.0 Å². The first-order valence-corrected chi connectivity index (χ1v) is 5.03. The minimum atomic E-state index is -0.0983. The number of likely N-dealkylation sites (N-methyl/N-ethyl adjacent to an activating group) is 1. The summed E-state index contributed by atoms with van der Waals surface area (Å²) in [6.45, 7) is 1.71. The highest BCUT2D eigenvalue weighted by atomic mass is 16.1. The van der Waals surface area contributed by atoms with Crippen LogP contribution in [0.3, 0.4) is 0 Å². The minimum Gasteiger partial charge on any atom is -0.353 e. The topological polar surface area (TPSA) is 79.2 Å². The van der Waals surface area contributed by atoms with Gasteiger partial charge in [-0.25, -0.2) is 0 Å². The van der Waals surface area contributed by atoms with Gasteiger partial charge in [0.15, 0.2) is 0 Å².